The van der Waals surface area contributed by atoms with Crippen LogP contribution in [-0.4, -0.2) is 30.7 Å². The van der Waals surface area contributed by atoms with Crippen molar-refractivity contribution in [3.05, 3.63) is 24.3 Å². The van der Waals surface area contributed by atoms with Crippen molar-refractivity contribution >= 4 is 12.6 Å². The van der Waals surface area contributed by atoms with E-state index in [2.05, 4.69) is 12.6 Å². The van der Waals surface area contributed by atoms with Crippen molar-refractivity contribution in [1.82, 2.24) is 0 Å². The summed E-state index contributed by atoms with van der Waals surface area (Å²) in [5.74, 6) is 2.19. The predicted octanol–water partition coefficient (Wildman–Crippen LogP) is 1.76. The summed E-state index contributed by atoms with van der Waals surface area (Å²) in [5.41, 5.74) is 0. The first-order valence-corrected chi connectivity index (χ1v) is 5.58. The van der Waals surface area contributed by atoms with Crippen molar-refractivity contribution in [2.24, 2.45) is 0 Å². The average molecular weight is 228 g/mol. The van der Waals surface area contributed by atoms with Crippen LogP contribution in [0.25, 0.3) is 0 Å². The zero-order valence-electron chi connectivity index (χ0n) is 8.56. The van der Waals surface area contributed by atoms with Crippen molar-refractivity contribution in [2.45, 2.75) is 6.42 Å². The van der Waals surface area contributed by atoms with Gasteiger partial charge in [-0.05, 0) is 24.3 Å². The van der Waals surface area contributed by atoms with Gasteiger partial charge in [0.25, 0.3) is 0 Å². The second-order valence-electron chi connectivity index (χ2n) is 2.94. The highest BCUT2D eigenvalue weighted by Crippen LogP contribution is 2.26. The number of ether oxygens (including phenoxy) is 2. The number of thiol groups is 1. The third-order valence-electron chi connectivity index (χ3n) is 1.76. The van der Waals surface area contributed by atoms with E-state index in [1.165, 1.54) is 0 Å². The molecule has 0 unspecified atom stereocenters. The van der Waals surface area contributed by atoms with Crippen LogP contribution < -0.4 is 9.47 Å². The first-order valence-electron chi connectivity index (χ1n) is 4.95. The lowest BCUT2D eigenvalue weighted by Crippen LogP contribution is -2.04. The van der Waals surface area contributed by atoms with Gasteiger partial charge in [0, 0.05) is 0 Å². The Hall–Kier alpha value is -0.870. The van der Waals surface area contributed by atoms with Gasteiger partial charge in [-0.3, -0.25) is 0 Å². The quantitative estimate of drug-likeness (QED) is 0.551. The number of para-hydroxylation sites is 2. The number of benzene rings is 1. The highest BCUT2D eigenvalue weighted by Gasteiger charge is 2.02. The fraction of sp³-hybridized carbons (Fsp3) is 0.455. The van der Waals surface area contributed by atoms with Crippen LogP contribution in [0.1, 0.15) is 6.42 Å². The van der Waals surface area contributed by atoms with Crippen molar-refractivity contribution in [1.29, 1.82) is 0 Å². The summed E-state index contributed by atoms with van der Waals surface area (Å²) in [7, 11) is 0. The molecule has 0 aromatic heterocycles. The molecule has 0 saturated heterocycles. The summed E-state index contributed by atoms with van der Waals surface area (Å²) >= 11 is 4.11. The molecule has 0 saturated carbocycles. The van der Waals surface area contributed by atoms with Crippen molar-refractivity contribution in [3.63, 3.8) is 0 Å². The number of aliphatic hydroxyl groups excluding tert-OH is 1. The van der Waals surface area contributed by atoms with E-state index in [9.17, 15) is 0 Å². The lowest BCUT2D eigenvalue weighted by Gasteiger charge is -2.11. The van der Waals surface area contributed by atoms with Gasteiger partial charge >= 0.3 is 0 Å². The normalized spacial score (nSPS) is 10.0. The molecule has 4 heteroatoms. The molecule has 0 heterocycles. The van der Waals surface area contributed by atoms with Gasteiger partial charge in [0.05, 0.1) is 13.2 Å². The SMILES string of the molecule is OCCOc1ccccc1OCCCS. The molecule has 0 aliphatic rings. The van der Waals surface area contributed by atoms with Crippen LogP contribution in [0, 0.1) is 0 Å². The number of rotatable bonds is 7. The third-order valence-corrected chi connectivity index (χ3v) is 2.07. The van der Waals surface area contributed by atoms with Crippen LogP contribution in [0.4, 0.5) is 0 Å². The first kappa shape index (κ1) is 12.2. The summed E-state index contributed by atoms with van der Waals surface area (Å²) in [6.45, 7) is 0.918. The summed E-state index contributed by atoms with van der Waals surface area (Å²) in [6, 6.07) is 7.44. The molecule has 0 fully saturated rings. The smallest absolute Gasteiger partial charge is 0.161 e. The lowest BCUT2D eigenvalue weighted by molar-refractivity contribution is 0.193. The predicted molar refractivity (Wildman–Crippen MR) is 63.0 cm³/mol. The Bertz CT molecular complexity index is 278. The molecular weight excluding hydrogens is 212 g/mol. The van der Waals surface area contributed by atoms with Gasteiger partial charge in [-0.25, -0.2) is 0 Å². The van der Waals surface area contributed by atoms with Gasteiger partial charge in [0.15, 0.2) is 11.5 Å². The number of hydrogen-bond acceptors (Lipinski definition) is 4. The Labute approximate surface area is 95.4 Å². The monoisotopic (exact) mass is 228 g/mol. The van der Waals surface area contributed by atoms with Crippen LogP contribution in [0.5, 0.6) is 11.5 Å². The van der Waals surface area contributed by atoms with Crippen LogP contribution in [0.15, 0.2) is 24.3 Å². The summed E-state index contributed by atoms with van der Waals surface area (Å²) in [5, 5.41) is 8.66. The zero-order chi connectivity index (χ0) is 10.9. The number of aliphatic hydroxyl groups is 1. The van der Waals surface area contributed by atoms with Crippen molar-refractivity contribution in [2.75, 3.05) is 25.6 Å². The first-order chi connectivity index (χ1) is 7.38. The molecule has 3 nitrogen and oxygen atoms in total. The van der Waals surface area contributed by atoms with E-state index < -0.39 is 0 Å². The summed E-state index contributed by atoms with van der Waals surface area (Å²) < 4.78 is 10.8. The van der Waals surface area contributed by atoms with Gasteiger partial charge in [0.2, 0.25) is 0 Å². The number of hydrogen-bond donors (Lipinski definition) is 2. The highest BCUT2D eigenvalue weighted by molar-refractivity contribution is 7.80. The molecule has 0 bridgehead atoms. The molecule has 1 N–H and O–H groups in total. The van der Waals surface area contributed by atoms with Gasteiger partial charge in [0.1, 0.15) is 6.61 Å². The van der Waals surface area contributed by atoms with E-state index in [4.69, 9.17) is 14.6 Å². The maximum atomic E-state index is 8.66. The van der Waals surface area contributed by atoms with Crippen LogP contribution in [-0.2, 0) is 0 Å². The fourth-order valence-corrected chi connectivity index (χ4v) is 1.22. The van der Waals surface area contributed by atoms with E-state index in [0.29, 0.717) is 18.1 Å². The Morgan fingerprint density at radius 2 is 1.67 bits per heavy atom. The Balaban J connectivity index is 2.52. The second kappa shape index (κ2) is 7.43. The molecule has 1 aromatic rings. The van der Waals surface area contributed by atoms with Gasteiger partial charge < -0.3 is 14.6 Å². The minimum absolute atomic E-state index is 0.00493. The lowest BCUT2D eigenvalue weighted by atomic mass is 10.3. The van der Waals surface area contributed by atoms with E-state index >= 15 is 0 Å². The summed E-state index contributed by atoms with van der Waals surface area (Å²) in [6.07, 6.45) is 0.900. The Morgan fingerprint density at radius 1 is 1.07 bits per heavy atom. The van der Waals surface area contributed by atoms with Crippen molar-refractivity contribution < 1.29 is 14.6 Å². The topological polar surface area (TPSA) is 38.7 Å². The van der Waals surface area contributed by atoms with E-state index in [-0.39, 0.29) is 13.2 Å². The molecule has 15 heavy (non-hydrogen) atoms. The standard InChI is InChI=1S/C11H16O3S/c12-6-8-14-11-5-2-1-4-10(11)13-7-3-9-15/h1-2,4-5,12,15H,3,6-9H2. The molecule has 0 aliphatic carbocycles. The average Bonchev–Trinajstić information content (AvgIpc) is 2.28. The molecule has 1 rings (SSSR count). The van der Waals surface area contributed by atoms with Crippen LogP contribution >= 0.6 is 12.6 Å². The zero-order valence-corrected chi connectivity index (χ0v) is 9.45. The van der Waals surface area contributed by atoms with Crippen LogP contribution in [0.2, 0.25) is 0 Å². The molecule has 0 aliphatic heterocycles. The summed E-state index contributed by atoms with van der Waals surface area (Å²) in [4.78, 5) is 0. The maximum absolute atomic E-state index is 8.66. The van der Waals surface area contributed by atoms with Gasteiger partial charge in [-0.15, -0.1) is 0 Å². The van der Waals surface area contributed by atoms with E-state index in [0.717, 1.165) is 12.2 Å². The molecule has 0 amide bonds. The fourth-order valence-electron chi connectivity index (χ4n) is 1.09. The molecule has 0 atom stereocenters. The Kier molecular flexibility index (Phi) is 6.04. The Morgan fingerprint density at radius 3 is 2.20 bits per heavy atom. The maximum Gasteiger partial charge on any atom is 0.161 e. The van der Waals surface area contributed by atoms with E-state index in [1.807, 2.05) is 24.3 Å². The molecule has 0 radical (unpaired) electrons. The highest BCUT2D eigenvalue weighted by atomic mass is 32.1. The minimum Gasteiger partial charge on any atom is -0.490 e. The van der Waals surface area contributed by atoms with Crippen molar-refractivity contribution in [3.8, 4) is 11.5 Å². The minimum atomic E-state index is 0.00493. The third kappa shape index (κ3) is 4.44. The molecular formula is C11H16O3S. The molecule has 1 aromatic carbocycles. The van der Waals surface area contributed by atoms with Crippen LogP contribution in [0.3, 0.4) is 0 Å². The second-order valence-corrected chi connectivity index (χ2v) is 3.39. The van der Waals surface area contributed by atoms with E-state index in [1.54, 1.807) is 0 Å². The van der Waals surface area contributed by atoms with Gasteiger partial charge in [-0.1, -0.05) is 12.1 Å². The molecule has 84 valence electrons. The van der Waals surface area contributed by atoms with Gasteiger partial charge in [-0.2, -0.15) is 12.6 Å². The molecule has 0 spiro atoms. The largest absolute Gasteiger partial charge is 0.490 e.